The average molecular weight is 356 g/mol. The number of halogens is 1. The van der Waals surface area contributed by atoms with Crippen molar-refractivity contribution < 1.29 is 9.47 Å². The van der Waals surface area contributed by atoms with Gasteiger partial charge in [-0.1, -0.05) is 29.8 Å². The van der Waals surface area contributed by atoms with E-state index in [0.717, 1.165) is 49.1 Å². The second-order valence-electron chi connectivity index (χ2n) is 5.68. The Bertz CT molecular complexity index is 417. The van der Waals surface area contributed by atoms with Crippen molar-refractivity contribution in [2.45, 2.75) is 51.2 Å². The highest BCUT2D eigenvalue weighted by Gasteiger charge is 2.34. The highest BCUT2D eigenvalue weighted by Crippen LogP contribution is 2.31. The summed E-state index contributed by atoms with van der Waals surface area (Å²) < 4.78 is 12.8. The maximum atomic E-state index is 6.01. The summed E-state index contributed by atoms with van der Waals surface area (Å²) in [6.45, 7) is 6.90. The number of rotatable bonds is 7. The van der Waals surface area contributed by atoms with E-state index in [1.807, 2.05) is 24.3 Å². The SMILES string of the molecule is CCC1(CC)CC(NCCOc2ccc(Br)cc2)CCO1. The maximum Gasteiger partial charge on any atom is 0.119 e. The lowest BCUT2D eigenvalue weighted by atomic mass is 9.86. The zero-order valence-corrected chi connectivity index (χ0v) is 14.6. The van der Waals surface area contributed by atoms with E-state index in [1.54, 1.807) is 0 Å². The second-order valence-corrected chi connectivity index (χ2v) is 6.60. The monoisotopic (exact) mass is 355 g/mol. The van der Waals surface area contributed by atoms with Gasteiger partial charge in [-0.25, -0.2) is 0 Å². The number of nitrogens with one attached hydrogen (secondary N) is 1. The molecular formula is C17H26BrNO2. The Morgan fingerprint density at radius 3 is 2.67 bits per heavy atom. The highest BCUT2D eigenvalue weighted by atomic mass is 79.9. The molecule has 118 valence electrons. The summed E-state index contributed by atoms with van der Waals surface area (Å²) in [6, 6.07) is 8.51. The summed E-state index contributed by atoms with van der Waals surface area (Å²) in [5.41, 5.74) is 0.0858. The minimum Gasteiger partial charge on any atom is -0.492 e. The fourth-order valence-electron chi connectivity index (χ4n) is 2.91. The third-order valence-electron chi connectivity index (χ3n) is 4.40. The molecule has 1 unspecified atom stereocenters. The van der Waals surface area contributed by atoms with Gasteiger partial charge >= 0.3 is 0 Å². The van der Waals surface area contributed by atoms with Gasteiger partial charge in [0.1, 0.15) is 12.4 Å². The summed E-state index contributed by atoms with van der Waals surface area (Å²) in [5, 5.41) is 3.61. The molecule has 3 nitrogen and oxygen atoms in total. The standard InChI is InChI=1S/C17H26BrNO2/c1-3-17(4-2)13-15(9-11-21-17)19-10-12-20-16-7-5-14(18)6-8-16/h5-8,15,19H,3-4,9-13H2,1-2H3. The zero-order valence-electron chi connectivity index (χ0n) is 13.0. The normalized spacial score (nSPS) is 21.2. The minimum absolute atomic E-state index is 0.0858. The van der Waals surface area contributed by atoms with Crippen LogP contribution in [0.3, 0.4) is 0 Å². The molecule has 1 aliphatic rings. The van der Waals surface area contributed by atoms with Gasteiger partial charge in [0, 0.05) is 23.7 Å². The van der Waals surface area contributed by atoms with Crippen molar-refractivity contribution in [2.24, 2.45) is 0 Å². The quantitative estimate of drug-likeness (QED) is 0.745. The summed E-state index contributed by atoms with van der Waals surface area (Å²) in [4.78, 5) is 0. The van der Waals surface area contributed by atoms with Gasteiger partial charge in [0.15, 0.2) is 0 Å². The fourth-order valence-corrected chi connectivity index (χ4v) is 3.17. The molecule has 1 heterocycles. The molecule has 1 atom stereocenters. The molecule has 0 aromatic heterocycles. The summed E-state index contributed by atoms with van der Waals surface area (Å²) in [7, 11) is 0. The van der Waals surface area contributed by atoms with Crippen LogP contribution in [0.4, 0.5) is 0 Å². The lowest BCUT2D eigenvalue weighted by Gasteiger charge is -2.40. The number of benzene rings is 1. The first-order valence-electron chi connectivity index (χ1n) is 7.93. The molecule has 1 aliphatic heterocycles. The predicted octanol–water partition coefficient (Wildman–Crippen LogP) is 4.16. The Morgan fingerprint density at radius 1 is 1.29 bits per heavy atom. The van der Waals surface area contributed by atoms with E-state index in [2.05, 4.69) is 35.1 Å². The molecule has 1 fully saturated rings. The number of hydrogen-bond acceptors (Lipinski definition) is 3. The Balaban J connectivity index is 1.69. The van der Waals surface area contributed by atoms with Crippen LogP contribution in [0, 0.1) is 0 Å². The van der Waals surface area contributed by atoms with Crippen LogP contribution < -0.4 is 10.1 Å². The molecule has 0 saturated carbocycles. The number of ether oxygens (including phenoxy) is 2. The molecule has 2 rings (SSSR count). The Hall–Kier alpha value is -0.580. The van der Waals surface area contributed by atoms with E-state index in [-0.39, 0.29) is 5.60 Å². The van der Waals surface area contributed by atoms with Gasteiger partial charge in [-0.2, -0.15) is 0 Å². The van der Waals surface area contributed by atoms with E-state index in [9.17, 15) is 0 Å². The molecule has 4 heteroatoms. The van der Waals surface area contributed by atoms with Gasteiger partial charge in [0.05, 0.1) is 5.60 Å². The van der Waals surface area contributed by atoms with Crippen molar-refractivity contribution in [1.82, 2.24) is 5.32 Å². The Labute approximate surface area is 136 Å². The third kappa shape index (κ3) is 4.97. The molecule has 0 amide bonds. The molecule has 0 aliphatic carbocycles. The first-order valence-corrected chi connectivity index (χ1v) is 8.72. The van der Waals surface area contributed by atoms with E-state index >= 15 is 0 Å². The van der Waals surface area contributed by atoms with E-state index < -0.39 is 0 Å². The molecule has 0 spiro atoms. The largest absolute Gasteiger partial charge is 0.492 e. The predicted molar refractivity (Wildman–Crippen MR) is 89.9 cm³/mol. The van der Waals surface area contributed by atoms with Gasteiger partial charge in [0.2, 0.25) is 0 Å². The number of hydrogen-bond donors (Lipinski definition) is 1. The smallest absolute Gasteiger partial charge is 0.119 e. The van der Waals surface area contributed by atoms with Crippen LogP contribution in [-0.4, -0.2) is 31.4 Å². The van der Waals surface area contributed by atoms with Gasteiger partial charge in [-0.3, -0.25) is 0 Å². The van der Waals surface area contributed by atoms with Gasteiger partial charge < -0.3 is 14.8 Å². The lowest BCUT2D eigenvalue weighted by Crippen LogP contribution is -2.47. The first-order chi connectivity index (χ1) is 10.2. The van der Waals surface area contributed by atoms with Crippen molar-refractivity contribution in [2.75, 3.05) is 19.8 Å². The van der Waals surface area contributed by atoms with Crippen LogP contribution in [0.5, 0.6) is 5.75 Å². The second kappa shape index (κ2) is 8.16. The van der Waals surface area contributed by atoms with E-state index in [1.165, 1.54) is 0 Å². The molecule has 1 N–H and O–H groups in total. The fraction of sp³-hybridized carbons (Fsp3) is 0.647. The van der Waals surface area contributed by atoms with Crippen molar-refractivity contribution in [3.63, 3.8) is 0 Å². The van der Waals surface area contributed by atoms with Crippen LogP contribution in [0.15, 0.2) is 28.7 Å². The molecule has 1 saturated heterocycles. The van der Waals surface area contributed by atoms with Gasteiger partial charge in [0.25, 0.3) is 0 Å². The molecular weight excluding hydrogens is 330 g/mol. The van der Waals surface area contributed by atoms with Crippen LogP contribution in [-0.2, 0) is 4.74 Å². The van der Waals surface area contributed by atoms with Crippen LogP contribution in [0.2, 0.25) is 0 Å². The Kier molecular flexibility index (Phi) is 6.52. The van der Waals surface area contributed by atoms with Gasteiger partial charge in [-0.05, 0) is 49.9 Å². The van der Waals surface area contributed by atoms with Crippen LogP contribution in [0.25, 0.3) is 0 Å². The minimum atomic E-state index is 0.0858. The third-order valence-corrected chi connectivity index (χ3v) is 4.93. The van der Waals surface area contributed by atoms with Crippen LogP contribution >= 0.6 is 15.9 Å². The summed E-state index contributed by atoms with van der Waals surface area (Å²) in [6.07, 6.45) is 4.40. The van der Waals surface area contributed by atoms with Crippen molar-refractivity contribution in [1.29, 1.82) is 0 Å². The first kappa shape index (κ1) is 16.8. The molecule has 21 heavy (non-hydrogen) atoms. The molecule has 1 aromatic rings. The topological polar surface area (TPSA) is 30.5 Å². The Morgan fingerprint density at radius 2 is 2.00 bits per heavy atom. The summed E-state index contributed by atoms with van der Waals surface area (Å²) in [5.74, 6) is 0.920. The van der Waals surface area contributed by atoms with Crippen molar-refractivity contribution >= 4 is 15.9 Å². The maximum absolute atomic E-state index is 6.01. The zero-order chi connectivity index (χ0) is 15.1. The van der Waals surface area contributed by atoms with Gasteiger partial charge in [-0.15, -0.1) is 0 Å². The average Bonchev–Trinajstić information content (AvgIpc) is 2.53. The van der Waals surface area contributed by atoms with Crippen LogP contribution in [0.1, 0.15) is 39.5 Å². The highest BCUT2D eigenvalue weighted by molar-refractivity contribution is 9.10. The lowest BCUT2D eigenvalue weighted by molar-refractivity contribution is -0.0931. The molecule has 0 radical (unpaired) electrons. The molecule has 1 aromatic carbocycles. The van der Waals surface area contributed by atoms with Crippen molar-refractivity contribution in [3.05, 3.63) is 28.7 Å². The summed E-state index contributed by atoms with van der Waals surface area (Å²) >= 11 is 3.42. The molecule has 0 bridgehead atoms. The van der Waals surface area contributed by atoms with Crippen molar-refractivity contribution in [3.8, 4) is 5.75 Å². The van der Waals surface area contributed by atoms with E-state index in [4.69, 9.17) is 9.47 Å². The van der Waals surface area contributed by atoms with E-state index in [0.29, 0.717) is 12.6 Å².